The van der Waals surface area contributed by atoms with Crippen molar-refractivity contribution in [3.8, 4) is 0 Å². The summed E-state index contributed by atoms with van der Waals surface area (Å²) in [6.45, 7) is 3.42. The Hall–Kier alpha value is -0.610. The van der Waals surface area contributed by atoms with E-state index in [1.807, 2.05) is 18.2 Å². The van der Waals surface area contributed by atoms with Gasteiger partial charge in [-0.05, 0) is 49.9 Å². The number of aliphatic hydroxyl groups is 1. The maximum Gasteiger partial charge on any atom is 0.0502 e. The zero-order valence-electron chi connectivity index (χ0n) is 12.8. The molecule has 1 aromatic rings. The monoisotopic (exact) mass is 310 g/mol. The van der Waals surface area contributed by atoms with E-state index in [1.165, 1.54) is 18.4 Å². The zero-order valence-corrected chi connectivity index (χ0v) is 13.6. The van der Waals surface area contributed by atoms with Crippen molar-refractivity contribution in [2.75, 3.05) is 13.2 Å². The van der Waals surface area contributed by atoms with Crippen molar-refractivity contribution in [2.45, 2.75) is 57.2 Å². The molecule has 0 saturated carbocycles. The molecule has 1 saturated heterocycles. The molecule has 2 rings (SSSR count). The maximum absolute atomic E-state index is 9.35. The summed E-state index contributed by atoms with van der Waals surface area (Å²) in [6.07, 6.45) is 5.35. The number of hydrogen-bond donors (Lipinski definition) is 2. The first-order chi connectivity index (χ1) is 10.2. The predicted octanol–water partition coefficient (Wildman–Crippen LogP) is 3.36. The van der Waals surface area contributed by atoms with Crippen molar-refractivity contribution in [1.82, 2.24) is 4.90 Å². The summed E-state index contributed by atoms with van der Waals surface area (Å²) in [4.78, 5) is 2.50. The van der Waals surface area contributed by atoms with E-state index in [1.54, 1.807) is 0 Å². The molecule has 1 aliphatic rings. The van der Waals surface area contributed by atoms with Crippen molar-refractivity contribution in [2.24, 2.45) is 5.73 Å². The van der Waals surface area contributed by atoms with Gasteiger partial charge in [-0.15, -0.1) is 0 Å². The molecule has 21 heavy (non-hydrogen) atoms. The smallest absolute Gasteiger partial charge is 0.0502 e. The SMILES string of the molecule is CCC(N)C(c1cccc(Cl)c1)N1CCCCC1CCO. The number of rotatable bonds is 6. The van der Waals surface area contributed by atoms with Crippen LogP contribution < -0.4 is 5.73 Å². The Morgan fingerprint density at radius 2 is 2.24 bits per heavy atom. The molecule has 3 N–H and O–H groups in total. The van der Waals surface area contributed by atoms with Crippen LogP contribution in [0.3, 0.4) is 0 Å². The van der Waals surface area contributed by atoms with Crippen LogP contribution in [0.4, 0.5) is 0 Å². The Bertz CT molecular complexity index is 439. The molecule has 0 aromatic heterocycles. The van der Waals surface area contributed by atoms with Gasteiger partial charge in [-0.2, -0.15) is 0 Å². The predicted molar refractivity (Wildman–Crippen MR) is 88.5 cm³/mol. The van der Waals surface area contributed by atoms with Crippen LogP contribution in [0.25, 0.3) is 0 Å². The van der Waals surface area contributed by atoms with Gasteiger partial charge in [0.1, 0.15) is 0 Å². The largest absolute Gasteiger partial charge is 0.396 e. The van der Waals surface area contributed by atoms with Gasteiger partial charge in [0.2, 0.25) is 0 Å². The van der Waals surface area contributed by atoms with Crippen LogP contribution in [-0.2, 0) is 0 Å². The third kappa shape index (κ3) is 4.19. The van der Waals surface area contributed by atoms with Crippen molar-refractivity contribution in [1.29, 1.82) is 0 Å². The topological polar surface area (TPSA) is 49.5 Å². The minimum absolute atomic E-state index is 0.0859. The Balaban J connectivity index is 2.29. The van der Waals surface area contributed by atoms with Crippen LogP contribution in [0, 0.1) is 0 Å². The molecule has 0 spiro atoms. The first kappa shape index (κ1) is 16.8. The molecule has 1 fully saturated rings. The second-order valence-electron chi connectivity index (χ2n) is 5.97. The molecule has 0 radical (unpaired) electrons. The van der Waals surface area contributed by atoms with Gasteiger partial charge in [0, 0.05) is 23.7 Å². The fourth-order valence-corrected chi connectivity index (χ4v) is 3.65. The highest BCUT2D eigenvalue weighted by atomic mass is 35.5. The molecule has 3 nitrogen and oxygen atoms in total. The van der Waals surface area contributed by atoms with Crippen LogP contribution in [0.2, 0.25) is 5.02 Å². The fourth-order valence-electron chi connectivity index (χ4n) is 3.45. The third-order valence-corrected chi connectivity index (χ3v) is 4.79. The van der Waals surface area contributed by atoms with Crippen molar-refractivity contribution in [3.63, 3.8) is 0 Å². The maximum atomic E-state index is 9.35. The molecule has 3 unspecified atom stereocenters. The summed E-state index contributed by atoms with van der Waals surface area (Å²) in [7, 11) is 0. The highest BCUT2D eigenvalue weighted by Crippen LogP contribution is 2.33. The Labute approximate surface area is 133 Å². The van der Waals surface area contributed by atoms with Crippen LogP contribution in [0.15, 0.2) is 24.3 Å². The number of nitrogens with zero attached hydrogens (tertiary/aromatic N) is 1. The van der Waals surface area contributed by atoms with Gasteiger partial charge in [0.15, 0.2) is 0 Å². The Morgan fingerprint density at radius 3 is 2.90 bits per heavy atom. The number of halogens is 1. The standard InChI is InChI=1S/C17H27ClN2O/c1-2-16(19)17(13-6-5-7-14(18)12-13)20-10-4-3-8-15(20)9-11-21/h5-7,12,15-17,21H,2-4,8-11,19H2,1H3. The molecule has 3 atom stereocenters. The van der Waals surface area contributed by atoms with Gasteiger partial charge in [-0.1, -0.05) is 37.1 Å². The number of piperidine rings is 1. The second-order valence-corrected chi connectivity index (χ2v) is 6.41. The Morgan fingerprint density at radius 1 is 1.43 bits per heavy atom. The lowest BCUT2D eigenvalue weighted by Gasteiger charge is -2.43. The van der Waals surface area contributed by atoms with Gasteiger partial charge >= 0.3 is 0 Å². The average molecular weight is 311 g/mol. The molecule has 0 amide bonds. The van der Waals surface area contributed by atoms with E-state index in [9.17, 15) is 5.11 Å². The number of benzene rings is 1. The summed E-state index contributed by atoms with van der Waals surface area (Å²) < 4.78 is 0. The molecular formula is C17H27ClN2O. The molecule has 1 heterocycles. The molecular weight excluding hydrogens is 284 g/mol. The first-order valence-electron chi connectivity index (χ1n) is 8.05. The van der Waals surface area contributed by atoms with E-state index in [0.717, 1.165) is 30.8 Å². The van der Waals surface area contributed by atoms with E-state index in [2.05, 4.69) is 17.9 Å². The van der Waals surface area contributed by atoms with Gasteiger partial charge in [-0.25, -0.2) is 0 Å². The van der Waals surface area contributed by atoms with Gasteiger partial charge in [-0.3, -0.25) is 4.90 Å². The molecule has 0 aliphatic carbocycles. The summed E-state index contributed by atoms with van der Waals surface area (Å²) in [5, 5.41) is 10.1. The molecule has 1 aromatic carbocycles. The van der Waals surface area contributed by atoms with E-state index in [0.29, 0.717) is 6.04 Å². The van der Waals surface area contributed by atoms with Crippen LogP contribution in [0.5, 0.6) is 0 Å². The lowest BCUT2D eigenvalue weighted by Crippen LogP contribution is -2.48. The summed E-state index contributed by atoms with van der Waals surface area (Å²) >= 11 is 6.17. The van der Waals surface area contributed by atoms with Crippen molar-refractivity contribution >= 4 is 11.6 Å². The minimum Gasteiger partial charge on any atom is -0.396 e. The summed E-state index contributed by atoms with van der Waals surface area (Å²) in [5.74, 6) is 0. The number of aliphatic hydroxyl groups excluding tert-OH is 1. The van der Waals surface area contributed by atoms with Gasteiger partial charge in [0.25, 0.3) is 0 Å². The van der Waals surface area contributed by atoms with Crippen LogP contribution in [0.1, 0.15) is 50.6 Å². The summed E-state index contributed by atoms with van der Waals surface area (Å²) in [5.41, 5.74) is 7.64. The molecule has 0 bridgehead atoms. The van der Waals surface area contributed by atoms with Crippen LogP contribution in [-0.4, -0.2) is 35.2 Å². The number of hydrogen-bond acceptors (Lipinski definition) is 3. The number of nitrogens with two attached hydrogens (primary N) is 1. The Kier molecular flexibility index (Phi) is 6.49. The highest BCUT2D eigenvalue weighted by Gasteiger charge is 2.32. The lowest BCUT2D eigenvalue weighted by atomic mass is 9.90. The molecule has 4 heteroatoms. The quantitative estimate of drug-likeness (QED) is 0.847. The summed E-state index contributed by atoms with van der Waals surface area (Å²) in [6, 6.07) is 8.75. The minimum atomic E-state index is 0.0859. The average Bonchev–Trinajstić information content (AvgIpc) is 2.49. The van der Waals surface area contributed by atoms with Gasteiger partial charge in [0.05, 0.1) is 6.04 Å². The van der Waals surface area contributed by atoms with Crippen LogP contribution >= 0.6 is 11.6 Å². The van der Waals surface area contributed by atoms with Crippen molar-refractivity contribution < 1.29 is 5.11 Å². The molecule has 118 valence electrons. The van der Waals surface area contributed by atoms with E-state index in [-0.39, 0.29) is 18.7 Å². The second kappa shape index (κ2) is 8.14. The third-order valence-electron chi connectivity index (χ3n) is 4.56. The highest BCUT2D eigenvalue weighted by molar-refractivity contribution is 6.30. The van der Waals surface area contributed by atoms with E-state index < -0.39 is 0 Å². The van der Waals surface area contributed by atoms with Gasteiger partial charge < -0.3 is 10.8 Å². The number of likely N-dealkylation sites (tertiary alicyclic amines) is 1. The molecule has 1 aliphatic heterocycles. The fraction of sp³-hybridized carbons (Fsp3) is 0.647. The van der Waals surface area contributed by atoms with E-state index in [4.69, 9.17) is 17.3 Å². The first-order valence-corrected chi connectivity index (χ1v) is 8.42. The normalized spacial score (nSPS) is 23.0. The lowest BCUT2D eigenvalue weighted by molar-refractivity contribution is 0.0619. The zero-order chi connectivity index (χ0) is 15.2. The van der Waals surface area contributed by atoms with Crippen molar-refractivity contribution in [3.05, 3.63) is 34.9 Å². The van der Waals surface area contributed by atoms with E-state index >= 15 is 0 Å².